The van der Waals surface area contributed by atoms with Gasteiger partial charge in [0.15, 0.2) is 0 Å². The van der Waals surface area contributed by atoms with E-state index < -0.39 is 9.28 Å². The smallest absolute Gasteiger partial charge is 0.388 e. The second-order valence-corrected chi connectivity index (χ2v) is 4.99. The average Bonchev–Trinajstić information content (AvgIpc) is 2.26. The summed E-state index contributed by atoms with van der Waals surface area (Å²) in [5.41, 5.74) is 2.75. The maximum Gasteiger partial charge on any atom is 0.388 e. The van der Waals surface area contributed by atoms with Gasteiger partial charge in [0.1, 0.15) is 0 Å². The van der Waals surface area contributed by atoms with Crippen molar-refractivity contribution < 1.29 is 8.85 Å². The van der Waals surface area contributed by atoms with Crippen molar-refractivity contribution in [2.24, 2.45) is 0 Å². The molecule has 1 radical (unpaired) electrons. The van der Waals surface area contributed by atoms with Gasteiger partial charge in [0.05, 0.1) is 0 Å². The molecular weight excluding hydrogens is 192 g/mol. The van der Waals surface area contributed by atoms with Crippen LogP contribution in [0.5, 0.6) is 0 Å². The molecule has 1 aromatic rings. The van der Waals surface area contributed by atoms with E-state index in [9.17, 15) is 0 Å². The molecule has 3 heteroatoms. The van der Waals surface area contributed by atoms with Crippen molar-refractivity contribution in [2.45, 2.75) is 19.4 Å². The number of rotatable bonds is 5. The lowest BCUT2D eigenvalue weighted by atomic mass is 10.1. The summed E-state index contributed by atoms with van der Waals surface area (Å²) in [5, 5.41) is 0. The number of aryl methyl sites for hydroxylation is 1. The molecule has 0 spiro atoms. The van der Waals surface area contributed by atoms with Gasteiger partial charge in [-0.05, 0) is 17.5 Å². The van der Waals surface area contributed by atoms with Gasteiger partial charge < -0.3 is 8.85 Å². The minimum absolute atomic E-state index is 0.918. The van der Waals surface area contributed by atoms with Crippen LogP contribution in [0.2, 0.25) is 0 Å². The molecule has 77 valence electrons. The van der Waals surface area contributed by atoms with Gasteiger partial charge in [-0.1, -0.05) is 31.2 Å². The lowest BCUT2D eigenvalue weighted by Gasteiger charge is -2.11. The maximum absolute atomic E-state index is 5.28. The van der Waals surface area contributed by atoms with E-state index in [0.717, 1.165) is 12.5 Å². The Labute approximate surface area is 87.7 Å². The van der Waals surface area contributed by atoms with Gasteiger partial charge >= 0.3 is 9.28 Å². The third-order valence-electron chi connectivity index (χ3n) is 2.29. The van der Waals surface area contributed by atoms with Crippen LogP contribution >= 0.6 is 0 Å². The monoisotopic (exact) mass is 209 g/mol. The first-order valence-electron chi connectivity index (χ1n) is 4.82. The standard InChI is InChI=1S/C11H17O2Si/c1-4-10-7-5-6-8-11(10)9-14(12-2)13-3/h5-8H,4,9H2,1-3H3. The molecule has 0 heterocycles. The van der Waals surface area contributed by atoms with Gasteiger partial charge in [-0.25, -0.2) is 0 Å². The van der Waals surface area contributed by atoms with Crippen molar-refractivity contribution in [1.29, 1.82) is 0 Å². The highest BCUT2D eigenvalue weighted by molar-refractivity contribution is 6.43. The Morgan fingerprint density at radius 1 is 1.07 bits per heavy atom. The molecule has 1 aromatic carbocycles. The van der Waals surface area contributed by atoms with Crippen molar-refractivity contribution in [3.63, 3.8) is 0 Å². The summed E-state index contributed by atoms with van der Waals surface area (Å²) in [6.07, 6.45) is 1.07. The van der Waals surface area contributed by atoms with Crippen LogP contribution in [0.4, 0.5) is 0 Å². The van der Waals surface area contributed by atoms with Crippen LogP contribution in [0.25, 0.3) is 0 Å². The summed E-state index contributed by atoms with van der Waals surface area (Å²) >= 11 is 0. The second kappa shape index (κ2) is 5.96. The summed E-state index contributed by atoms with van der Waals surface area (Å²) in [7, 11) is 2.32. The minimum Gasteiger partial charge on any atom is -0.397 e. The molecule has 0 aliphatic heterocycles. The van der Waals surface area contributed by atoms with Gasteiger partial charge in [0.25, 0.3) is 0 Å². The highest BCUT2D eigenvalue weighted by Gasteiger charge is 2.14. The number of hydrogen-bond acceptors (Lipinski definition) is 2. The molecule has 14 heavy (non-hydrogen) atoms. The Kier molecular flexibility index (Phi) is 4.86. The topological polar surface area (TPSA) is 18.5 Å². The van der Waals surface area contributed by atoms with Crippen LogP contribution in [0.3, 0.4) is 0 Å². The van der Waals surface area contributed by atoms with E-state index in [1.807, 2.05) is 0 Å². The Morgan fingerprint density at radius 3 is 2.14 bits per heavy atom. The van der Waals surface area contributed by atoms with Crippen LogP contribution in [0, 0.1) is 0 Å². The van der Waals surface area contributed by atoms with Gasteiger partial charge in [0, 0.05) is 20.3 Å². The fourth-order valence-electron chi connectivity index (χ4n) is 1.46. The summed E-state index contributed by atoms with van der Waals surface area (Å²) < 4.78 is 10.6. The van der Waals surface area contributed by atoms with E-state index in [4.69, 9.17) is 8.85 Å². The zero-order valence-electron chi connectivity index (χ0n) is 9.04. The van der Waals surface area contributed by atoms with Gasteiger partial charge in [-0.2, -0.15) is 0 Å². The maximum atomic E-state index is 5.28. The molecule has 0 amide bonds. The Bertz CT molecular complexity index is 272. The summed E-state index contributed by atoms with van der Waals surface area (Å²) in [5.74, 6) is 0. The highest BCUT2D eigenvalue weighted by atomic mass is 28.3. The number of benzene rings is 1. The first kappa shape index (κ1) is 11.4. The molecule has 0 aromatic heterocycles. The van der Waals surface area contributed by atoms with E-state index in [1.165, 1.54) is 11.1 Å². The van der Waals surface area contributed by atoms with Crippen LogP contribution in [-0.2, 0) is 21.3 Å². The van der Waals surface area contributed by atoms with Gasteiger partial charge in [-0.15, -0.1) is 0 Å². The van der Waals surface area contributed by atoms with Crippen LogP contribution < -0.4 is 0 Å². The molecular formula is C11H17O2Si. The summed E-state index contributed by atoms with van der Waals surface area (Å²) in [6, 6.07) is 9.39. The third kappa shape index (κ3) is 2.94. The quantitative estimate of drug-likeness (QED) is 0.692. The van der Waals surface area contributed by atoms with Gasteiger partial charge in [0.2, 0.25) is 0 Å². The summed E-state index contributed by atoms with van der Waals surface area (Å²) in [4.78, 5) is 0. The largest absolute Gasteiger partial charge is 0.397 e. The van der Waals surface area contributed by atoms with E-state index in [0.29, 0.717) is 0 Å². The predicted octanol–water partition coefficient (Wildman–Crippen LogP) is 2.11. The van der Waals surface area contributed by atoms with E-state index in [-0.39, 0.29) is 0 Å². The van der Waals surface area contributed by atoms with Crippen molar-refractivity contribution in [1.82, 2.24) is 0 Å². The van der Waals surface area contributed by atoms with E-state index in [1.54, 1.807) is 14.2 Å². The third-order valence-corrected chi connectivity index (χ3v) is 3.87. The summed E-state index contributed by atoms with van der Waals surface area (Å²) in [6.45, 7) is 2.17. The highest BCUT2D eigenvalue weighted by Crippen LogP contribution is 2.11. The molecule has 2 nitrogen and oxygen atoms in total. The lowest BCUT2D eigenvalue weighted by Crippen LogP contribution is -2.23. The zero-order valence-corrected chi connectivity index (χ0v) is 10.0. The normalized spacial score (nSPS) is 10.9. The molecule has 0 aliphatic rings. The lowest BCUT2D eigenvalue weighted by molar-refractivity contribution is 0.277. The average molecular weight is 209 g/mol. The van der Waals surface area contributed by atoms with E-state index in [2.05, 4.69) is 31.2 Å². The Hall–Kier alpha value is -0.643. The van der Waals surface area contributed by atoms with Crippen molar-refractivity contribution in [3.8, 4) is 0 Å². The van der Waals surface area contributed by atoms with Crippen LogP contribution in [-0.4, -0.2) is 23.5 Å². The fourth-order valence-corrected chi connectivity index (χ4v) is 2.57. The fraction of sp³-hybridized carbons (Fsp3) is 0.455. The molecule has 0 unspecified atom stereocenters. The molecule has 0 fully saturated rings. The number of hydrogen-bond donors (Lipinski definition) is 0. The Morgan fingerprint density at radius 2 is 1.64 bits per heavy atom. The van der Waals surface area contributed by atoms with Crippen molar-refractivity contribution in [2.75, 3.05) is 14.2 Å². The molecule has 0 saturated carbocycles. The Balaban J connectivity index is 2.74. The second-order valence-electron chi connectivity index (χ2n) is 3.08. The molecule has 0 atom stereocenters. The van der Waals surface area contributed by atoms with Gasteiger partial charge in [-0.3, -0.25) is 0 Å². The van der Waals surface area contributed by atoms with E-state index >= 15 is 0 Å². The molecule has 1 rings (SSSR count). The predicted molar refractivity (Wildman–Crippen MR) is 59.3 cm³/mol. The molecule has 0 bridgehead atoms. The van der Waals surface area contributed by atoms with Crippen LogP contribution in [0.1, 0.15) is 18.1 Å². The van der Waals surface area contributed by atoms with Crippen LogP contribution in [0.15, 0.2) is 24.3 Å². The first-order valence-corrected chi connectivity index (χ1v) is 6.34. The zero-order chi connectivity index (χ0) is 10.4. The van der Waals surface area contributed by atoms with Crippen molar-refractivity contribution in [3.05, 3.63) is 35.4 Å². The SMILES string of the molecule is CCc1ccccc1C[Si](OC)OC. The first-order chi connectivity index (χ1) is 6.81. The molecule has 0 N–H and O–H groups in total. The molecule has 0 saturated heterocycles. The minimum atomic E-state index is -1.11. The molecule has 0 aliphatic carbocycles. The van der Waals surface area contributed by atoms with Crippen molar-refractivity contribution >= 4 is 9.28 Å².